The normalized spacial score (nSPS) is 11.8. The van der Waals surface area contributed by atoms with Gasteiger partial charge >= 0.3 is 10.2 Å². The Balaban J connectivity index is 2.76. The Bertz CT molecular complexity index is 461. The van der Waals surface area contributed by atoms with Crippen molar-refractivity contribution in [1.29, 1.82) is 0 Å². The first-order valence-electron chi connectivity index (χ1n) is 5.32. The summed E-state index contributed by atoms with van der Waals surface area (Å²) in [6, 6.07) is 1.75. The van der Waals surface area contributed by atoms with Crippen molar-refractivity contribution in [2.75, 3.05) is 24.9 Å². The van der Waals surface area contributed by atoms with Crippen LogP contribution in [0, 0.1) is 6.92 Å². The second-order valence-electron chi connectivity index (χ2n) is 3.76. The molecule has 0 aliphatic heterocycles. The zero-order chi connectivity index (χ0) is 12.9. The molecule has 0 spiro atoms. The van der Waals surface area contributed by atoms with Gasteiger partial charge in [-0.1, -0.05) is 0 Å². The maximum atomic E-state index is 11.9. The third kappa shape index (κ3) is 3.95. The van der Waals surface area contributed by atoms with Gasteiger partial charge in [0.25, 0.3) is 0 Å². The Hall–Kier alpha value is -1.18. The topological polar surface area (TPSA) is 88.3 Å². The Morgan fingerprint density at radius 3 is 2.82 bits per heavy atom. The van der Waals surface area contributed by atoms with Gasteiger partial charge in [-0.15, -0.1) is 0 Å². The van der Waals surface area contributed by atoms with E-state index in [0.717, 1.165) is 5.56 Å². The van der Waals surface area contributed by atoms with Gasteiger partial charge in [0, 0.05) is 19.8 Å². The molecule has 1 aromatic rings. The second kappa shape index (κ2) is 5.95. The lowest BCUT2D eigenvalue weighted by molar-refractivity contribution is 0.468. The van der Waals surface area contributed by atoms with E-state index < -0.39 is 10.2 Å². The fourth-order valence-corrected chi connectivity index (χ4v) is 2.24. The smallest absolute Gasteiger partial charge is 0.301 e. The monoisotopic (exact) mass is 258 g/mol. The van der Waals surface area contributed by atoms with E-state index in [9.17, 15) is 8.42 Å². The van der Waals surface area contributed by atoms with Crippen molar-refractivity contribution in [3.63, 3.8) is 0 Å². The molecule has 1 aromatic heterocycles. The molecule has 0 aliphatic carbocycles. The summed E-state index contributed by atoms with van der Waals surface area (Å²) in [7, 11) is -2.00. The molecular weight excluding hydrogens is 240 g/mol. The van der Waals surface area contributed by atoms with E-state index in [0.29, 0.717) is 25.2 Å². The van der Waals surface area contributed by atoms with E-state index in [1.54, 1.807) is 12.3 Å². The van der Waals surface area contributed by atoms with Crippen LogP contribution < -0.4 is 10.5 Å². The number of nitrogens with one attached hydrogen (secondary N) is 1. The van der Waals surface area contributed by atoms with Crippen LogP contribution in [-0.4, -0.2) is 37.8 Å². The Labute approximate surface area is 102 Å². The molecule has 17 heavy (non-hydrogen) atoms. The summed E-state index contributed by atoms with van der Waals surface area (Å²) >= 11 is 0. The maximum absolute atomic E-state index is 11.9. The molecule has 6 nitrogen and oxygen atoms in total. The highest BCUT2D eigenvalue weighted by Crippen LogP contribution is 2.14. The predicted molar refractivity (Wildman–Crippen MR) is 67.8 cm³/mol. The van der Waals surface area contributed by atoms with Crippen LogP contribution in [-0.2, 0) is 10.2 Å². The molecule has 1 rings (SSSR count). The Morgan fingerprint density at radius 2 is 2.24 bits per heavy atom. The van der Waals surface area contributed by atoms with E-state index in [4.69, 9.17) is 5.73 Å². The Kier molecular flexibility index (Phi) is 4.86. The quantitative estimate of drug-likeness (QED) is 0.769. The molecule has 1 heterocycles. The summed E-state index contributed by atoms with van der Waals surface area (Å²) in [6.07, 6.45) is 3.73. The van der Waals surface area contributed by atoms with Crippen LogP contribution in [0.2, 0.25) is 0 Å². The van der Waals surface area contributed by atoms with Crippen LogP contribution in [0.15, 0.2) is 18.5 Å². The summed E-state index contributed by atoms with van der Waals surface area (Å²) in [5.74, 6) is 0. The van der Waals surface area contributed by atoms with Crippen LogP contribution in [0.4, 0.5) is 5.69 Å². The van der Waals surface area contributed by atoms with E-state index in [1.165, 1.54) is 17.5 Å². The lowest BCUT2D eigenvalue weighted by atomic mass is 10.3. The number of hydrogen-bond donors (Lipinski definition) is 2. The van der Waals surface area contributed by atoms with Gasteiger partial charge < -0.3 is 5.73 Å². The predicted octanol–water partition coefficient (Wildman–Crippen LogP) is 0.327. The molecule has 0 radical (unpaired) electrons. The molecule has 0 saturated carbocycles. The van der Waals surface area contributed by atoms with Gasteiger partial charge in [0.1, 0.15) is 0 Å². The highest BCUT2D eigenvalue weighted by molar-refractivity contribution is 7.90. The van der Waals surface area contributed by atoms with Gasteiger partial charge in [-0.05, 0) is 31.5 Å². The van der Waals surface area contributed by atoms with Crippen LogP contribution >= 0.6 is 0 Å². The van der Waals surface area contributed by atoms with E-state index in [-0.39, 0.29) is 0 Å². The van der Waals surface area contributed by atoms with E-state index >= 15 is 0 Å². The highest BCUT2D eigenvalue weighted by atomic mass is 32.2. The number of aromatic nitrogens is 1. The minimum absolute atomic E-state index is 0.394. The van der Waals surface area contributed by atoms with Crippen molar-refractivity contribution in [3.05, 3.63) is 24.0 Å². The number of nitrogens with zero attached hydrogens (tertiary/aromatic N) is 2. The summed E-state index contributed by atoms with van der Waals surface area (Å²) in [5.41, 5.74) is 6.67. The molecule has 0 fully saturated rings. The molecule has 0 unspecified atom stereocenters. The summed E-state index contributed by atoms with van der Waals surface area (Å²) in [4.78, 5) is 3.89. The van der Waals surface area contributed by atoms with E-state index in [1.807, 2.05) is 6.92 Å². The standard InChI is InChI=1S/C10H18N4O2S/c1-9-4-6-12-8-10(9)13-17(15,16)14(2)7-3-5-11/h4,6,8,13H,3,5,7,11H2,1-2H3. The number of hydrogen-bond acceptors (Lipinski definition) is 4. The lowest BCUT2D eigenvalue weighted by Crippen LogP contribution is -2.34. The van der Waals surface area contributed by atoms with Crippen molar-refractivity contribution in [3.8, 4) is 0 Å². The molecule has 0 amide bonds. The number of aryl methyl sites for hydroxylation is 1. The van der Waals surface area contributed by atoms with Crippen molar-refractivity contribution < 1.29 is 8.42 Å². The van der Waals surface area contributed by atoms with Crippen molar-refractivity contribution >= 4 is 15.9 Å². The average molecular weight is 258 g/mol. The number of rotatable bonds is 6. The first-order chi connectivity index (χ1) is 7.97. The fourth-order valence-electron chi connectivity index (χ4n) is 1.22. The zero-order valence-corrected chi connectivity index (χ0v) is 10.9. The average Bonchev–Trinajstić information content (AvgIpc) is 2.28. The molecule has 0 aliphatic rings. The largest absolute Gasteiger partial charge is 0.330 e. The van der Waals surface area contributed by atoms with Crippen molar-refractivity contribution in [1.82, 2.24) is 9.29 Å². The summed E-state index contributed by atoms with van der Waals surface area (Å²) in [5, 5.41) is 0. The van der Waals surface area contributed by atoms with E-state index in [2.05, 4.69) is 9.71 Å². The summed E-state index contributed by atoms with van der Waals surface area (Å²) in [6.45, 7) is 2.68. The molecule has 7 heteroatoms. The third-order valence-electron chi connectivity index (χ3n) is 2.37. The zero-order valence-electron chi connectivity index (χ0n) is 10.0. The van der Waals surface area contributed by atoms with Crippen molar-refractivity contribution in [2.45, 2.75) is 13.3 Å². The highest BCUT2D eigenvalue weighted by Gasteiger charge is 2.17. The fraction of sp³-hybridized carbons (Fsp3) is 0.500. The van der Waals surface area contributed by atoms with Gasteiger partial charge in [0.2, 0.25) is 0 Å². The molecule has 96 valence electrons. The second-order valence-corrected chi connectivity index (χ2v) is 5.54. The number of pyridine rings is 1. The number of nitrogens with two attached hydrogens (primary N) is 1. The maximum Gasteiger partial charge on any atom is 0.301 e. The van der Waals surface area contributed by atoms with Crippen LogP contribution in [0.3, 0.4) is 0 Å². The molecule has 3 N–H and O–H groups in total. The molecule has 0 bridgehead atoms. The lowest BCUT2D eigenvalue weighted by Gasteiger charge is -2.18. The molecular formula is C10H18N4O2S. The van der Waals surface area contributed by atoms with Crippen LogP contribution in [0.25, 0.3) is 0 Å². The van der Waals surface area contributed by atoms with Gasteiger partial charge in [-0.3, -0.25) is 9.71 Å². The minimum Gasteiger partial charge on any atom is -0.330 e. The van der Waals surface area contributed by atoms with Gasteiger partial charge in [0.15, 0.2) is 0 Å². The number of anilines is 1. The van der Waals surface area contributed by atoms with Gasteiger partial charge in [-0.25, -0.2) is 0 Å². The van der Waals surface area contributed by atoms with Gasteiger partial charge in [-0.2, -0.15) is 12.7 Å². The Morgan fingerprint density at radius 1 is 1.53 bits per heavy atom. The molecule has 0 atom stereocenters. The summed E-state index contributed by atoms with van der Waals surface area (Å²) < 4.78 is 27.5. The van der Waals surface area contributed by atoms with Crippen LogP contribution in [0.5, 0.6) is 0 Å². The molecule has 0 aromatic carbocycles. The van der Waals surface area contributed by atoms with Gasteiger partial charge in [0.05, 0.1) is 11.9 Å². The minimum atomic E-state index is -3.52. The SMILES string of the molecule is Cc1ccncc1NS(=O)(=O)N(C)CCCN. The van der Waals surface area contributed by atoms with Crippen molar-refractivity contribution in [2.24, 2.45) is 5.73 Å². The third-order valence-corrected chi connectivity index (χ3v) is 3.85. The molecule has 0 saturated heterocycles. The first-order valence-corrected chi connectivity index (χ1v) is 6.76. The van der Waals surface area contributed by atoms with Crippen LogP contribution in [0.1, 0.15) is 12.0 Å². The first kappa shape index (κ1) is 13.9.